The van der Waals surface area contributed by atoms with Gasteiger partial charge in [-0.1, -0.05) is 12.1 Å². The van der Waals surface area contributed by atoms with Crippen molar-refractivity contribution in [2.45, 2.75) is 45.6 Å². The van der Waals surface area contributed by atoms with Crippen LogP contribution in [0, 0.1) is 13.8 Å². The third-order valence-corrected chi connectivity index (χ3v) is 5.53. The van der Waals surface area contributed by atoms with Crippen LogP contribution in [0.25, 0.3) is 17.2 Å². The molecule has 8 nitrogen and oxygen atoms in total. The van der Waals surface area contributed by atoms with E-state index < -0.39 is 0 Å². The Morgan fingerprint density at radius 1 is 1.33 bits per heavy atom. The van der Waals surface area contributed by atoms with E-state index in [1.165, 1.54) is 0 Å². The molecule has 1 fully saturated rings. The molecular formula is C22H27N5O3. The largest absolute Gasteiger partial charge is 0.497 e. The van der Waals surface area contributed by atoms with Gasteiger partial charge in [0.15, 0.2) is 5.82 Å². The van der Waals surface area contributed by atoms with Crippen LogP contribution >= 0.6 is 0 Å². The van der Waals surface area contributed by atoms with Gasteiger partial charge in [0, 0.05) is 36.5 Å². The lowest BCUT2D eigenvalue weighted by Crippen LogP contribution is -2.32. The van der Waals surface area contributed by atoms with Gasteiger partial charge < -0.3 is 14.8 Å². The van der Waals surface area contributed by atoms with Crippen LogP contribution in [-0.2, 0) is 16.0 Å². The minimum atomic E-state index is 0.0278. The average Bonchev–Trinajstić information content (AvgIpc) is 3.42. The molecule has 1 amide bonds. The topological polar surface area (TPSA) is 90.6 Å². The Morgan fingerprint density at radius 2 is 2.20 bits per heavy atom. The highest BCUT2D eigenvalue weighted by Gasteiger charge is 2.18. The van der Waals surface area contributed by atoms with Crippen LogP contribution in [0.5, 0.6) is 5.75 Å². The molecule has 1 atom stereocenters. The van der Waals surface area contributed by atoms with Gasteiger partial charge in [-0.2, -0.15) is 4.98 Å². The number of aromatic nitrogens is 4. The van der Waals surface area contributed by atoms with Gasteiger partial charge in [-0.3, -0.25) is 4.79 Å². The smallest absolute Gasteiger partial charge is 0.253 e. The minimum Gasteiger partial charge on any atom is -0.497 e. The van der Waals surface area contributed by atoms with Crippen LogP contribution in [0.15, 0.2) is 24.3 Å². The van der Waals surface area contributed by atoms with Gasteiger partial charge in [0.05, 0.1) is 13.2 Å². The molecule has 1 N–H and O–H groups in total. The SMILES string of the molecule is COc1cccc(-c2nc3nc(C)c(CCC(=O)NC[C@H]4CCCO4)c(C)n3n2)c1. The normalized spacial score (nSPS) is 16.2. The third-order valence-electron chi connectivity index (χ3n) is 5.53. The molecule has 0 radical (unpaired) electrons. The molecule has 1 aliphatic heterocycles. The molecule has 1 aromatic carbocycles. The summed E-state index contributed by atoms with van der Waals surface area (Å²) in [7, 11) is 1.63. The Labute approximate surface area is 175 Å². The maximum Gasteiger partial charge on any atom is 0.253 e. The number of carbonyl (C=O) groups excluding carboxylic acids is 1. The van der Waals surface area contributed by atoms with Crippen molar-refractivity contribution in [1.29, 1.82) is 0 Å². The molecule has 4 rings (SSSR count). The molecule has 0 bridgehead atoms. The summed E-state index contributed by atoms with van der Waals surface area (Å²) in [5.41, 5.74) is 3.71. The first-order valence-electron chi connectivity index (χ1n) is 10.3. The molecule has 1 saturated heterocycles. The number of amides is 1. The van der Waals surface area contributed by atoms with Crippen LogP contribution in [-0.4, -0.2) is 51.9 Å². The molecule has 3 heterocycles. The van der Waals surface area contributed by atoms with Gasteiger partial charge in [0.25, 0.3) is 5.78 Å². The quantitative estimate of drug-likeness (QED) is 0.645. The Balaban J connectivity index is 1.50. The van der Waals surface area contributed by atoms with Crippen molar-refractivity contribution in [1.82, 2.24) is 24.9 Å². The second-order valence-corrected chi connectivity index (χ2v) is 7.58. The van der Waals surface area contributed by atoms with Crippen molar-refractivity contribution in [3.63, 3.8) is 0 Å². The van der Waals surface area contributed by atoms with Gasteiger partial charge in [-0.25, -0.2) is 9.50 Å². The number of hydrogen-bond acceptors (Lipinski definition) is 6. The van der Waals surface area contributed by atoms with Crippen LogP contribution in [0.1, 0.15) is 36.2 Å². The van der Waals surface area contributed by atoms with E-state index in [4.69, 9.17) is 9.47 Å². The van der Waals surface area contributed by atoms with E-state index >= 15 is 0 Å². The van der Waals surface area contributed by atoms with Gasteiger partial charge in [-0.15, -0.1) is 5.10 Å². The first kappa shape index (κ1) is 20.3. The summed E-state index contributed by atoms with van der Waals surface area (Å²) in [4.78, 5) is 21.5. The van der Waals surface area contributed by atoms with Crippen molar-refractivity contribution in [2.75, 3.05) is 20.3 Å². The summed E-state index contributed by atoms with van der Waals surface area (Å²) >= 11 is 0. The van der Waals surface area contributed by atoms with Crippen molar-refractivity contribution < 1.29 is 14.3 Å². The Hall–Kier alpha value is -3.00. The summed E-state index contributed by atoms with van der Waals surface area (Å²) in [5, 5.41) is 7.62. The second-order valence-electron chi connectivity index (χ2n) is 7.58. The number of hydrogen-bond donors (Lipinski definition) is 1. The number of fused-ring (bicyclic) bond motifs is 1. The van der Waals surface area contributed by atoms with Gasteiger partial charge in [0.2, 0.25) is 5.91 Å². The Bertz CT molecular complexity index is 1060. The zero-order chi connectivity index (χ0) is 21.1. The number of aryl methyl sites for hydroxylation is 2. The summed E-state index contributed by atoms with van der Waals surface area (Å²) in [5.74, 6) is 1.92. The fraction of sp³-hybridized carbons (Fsp3) is 0.455. The molecule has 30 heavy (non-hydrogen) atoms. The fourth-order valence-corrected chi connectivity index (χ4v) is 3.81. The van der Waals surface area contributed by atoms with E-state index in [0.717, 1.165) is 47.7 Å². The van der Waals surface area contributed by atoms with Crippen LogP contribution in [0.4, 0.5) is 0 Å². The minimum absolute atomic E-state index is 0.0278. The van der Waals surface area contributed by atoms with Crippen molar-refractivity contribution >= 4 is 11.7 Å². The van der Waals surface area contributed by atoms with Crippen molar-refractivity contribution in [3.8, 4) is 17.1 Å². The first-order chi connectivity index (χ1) is 14.5. The van der Waals surface area contributed by atoms with Crippen molar-refractivity contribution in [2.24, 2.45) is 0 Å². The van der Waals surface area contributed by atoms with Crippen LogP contribution in [0.2, 0.25) is 0 Å². The lowest BCUT2D eigenvalue weighted by Gasteiger charge is -2.12. The monoisotopic (exact) mass is 409 g/mol. The summed E-state index contributed by atoms with van der Waals surface area (Å²) in [6.07, 6.45) is 3.24. The Kier molecular flexibility index (Phi) is 5.94. The molecule has 2 aromatic heterocycles. The molecule has 0 spiro atoms. The lowest BCUT2D eigenvalue weighted by molar-refractivity contribution is -0.121. The highest BCUT2D eigenvalue weighted by atomic mass is 16.5. The average molecular weight is 409 g/mol. The van der Waals surface area contributed by atoms with Gasteiger partial charge in [-0.05, 0) is 50.8 Å². The number of carbonyl (C=O) groups is 1. The molecule has 8 heteroatoms. The maximum atomic E-state index is 12.3. The van der Waals surface area contributed by atoms with E-state index in [9.17, 15) is 4.79 Å². The second kappa shape index (κ2) is 8.79. The van der Waals surface area contributed by atoms with E-state index in [1.807, 2.05) is 38.1 Å². The van der Waals surface area contributed by atoms with Gasteiger partial charge in [0.1, 0.15) is 5.75 Å². The zero-order valence-electron chi connectivity index (χ0n) is 17.6. The summed E-state index contributed by atoms with van der Waals surface area (Å²) in [6.45, 7) is 5.32. The number of methoxy groups -OCH3 is 1. The molecule has 158 valence electrons. The molecule has 0 unspecified atom stereocenters. The number of rotatable bonds is 7. The maximum absolute atomic E-state index is 12.3. The molecule has 0 aliphatic carbocycles. The fourth-order valence-electron chi connectivity index (χ4n) is 3.81. The molecule has 0 saturated carbocycles. The summed E-state index contributed by atoms with van der Waals surface area (Å²) < 4.78 is 12.6. The van der Waals surface area contributed by atoms with E-state index in [2.05, 4.69) is 20.4 Å². The van der Waals surface area contributed by atoms with E-state index in [0.29, 0.717) is 31.0 Å². The highest BCUT2D eigenvalue weighted by Crippen LogP contribution is 2.23. The number of nitrogens with zero attached hydrogens (tertiary/aromatic N) is 4. The van der Waals surface area contributed by atoms with E-state index in [1.54, 1.807) is 11.6 Å². The highest BCUT2D eigenvalue weighted by molar-refractivity contribution is 5.76. The van der Waals surface area contributed by atoms with E-state index in [-0.39, 0.29) is 12.0 Å². The van der Waals surface area contributed by atoms with Crippen LogP contribution in [0.3, 0.4) is 0 Å². The standard InChI is InChI=1S/C22H27N5O3/c1-14-19(9-10-20(28)23-13-18-8-5-11-30-18)15(2)27-22(24-14)25-21(26-27)16-6-4-7-17(12-16)29-3/h4,6-7,12,18H,5,8-11,13H2,1-3H3,(H,23,28)/t18-/m1/s1. The molecule has 1 aliphatic rings. The number of nitrogens with one attached hydrogen (secondary N) is 1. The van der Waals surface area contributed by atoms with Crippen LogP contribution < -0.4 is 10.1 Å². The predicted molar refractivity (Wildman–Crippen MR) is 113 cm³/mol. The lowest BCUT2D eigenvalue weighted by atomic mass is 10.1. The predicted octanol–water partition coefficient (Wildman–Crippen LogP) is 2.64. The van der Waals surface area contributed by atoms with Crippen molar-refractivity contribution in [3.05, 3.63) is 41.2 Å². The molecular weight excluding hydrogens is 382 g/mol. The Morgan fingerprint density at radius 3 is 2.97 bits per heavy atom. The summed E-state index contributed by atoms with van der Waals surface area (Å²) in [6, 6.07) is 7.63. The molecule has 3 aromatic rings. The third kappa shape index (κ3) is 4.28. The number of benzene rings is 1. The first-order valence-corrected chi connectivity index (χ1v) is 10.3. The zero-order valence-corrected chi connectivity index (χ0v) is 17.6. The number of ether oxygens (including phenoxy) is 2. The van der Waals surface area contributed by atoms with Gasteiger partial charge >= 0.3 is 0 Å².